The zero-order chi connectivity index (χ0) is 11.7. The molecular formula is C15H18. The topological polar surface area (TPSA) is 0 Å². The van der Waals surface area contributed by atoms with Crippen molar-refractivity contribution in [3.63, 3.8) is 0 Å². The molecular weight excluding hydrogens is 180 g/mol. The molecule has 0 spiro atoms. The number of hydrogen-bond acceptors (Lipinski definition) is 0. The first-order valence-electron chi connectivity index (χ1n) is 4.78. The summed E-state index contributed by atoms with van der Waals surface area (Å²) >= 11 is 0. The van der Waals surface area contributed by atoms with Gasteiger partial charge in [0.2, 0.25) is 0 Å². The minimum absolute atomic E-state index is 0.902. The third kappa shape index (κ3) is 4.82. The average molecular weight is 198 g/mol. The normalized spacial score (nSPS) is 12.6. The van der Waals surface area contributed by atoms with Crippen molar-refractivity contribution in [1.29, 1.82) is 0 Å². The fraction of sp³-hybridized carbons (Fsp3) is 0.0667. The van der Waals surface area contributed by atoms with E-state index in [0.29, 0.717) is 0 Å². The van der Waals surface area contributed by atoms with Crippen molar-refractivity contribution in [2.75, 3.05) is 0 Å². The summed E-state index contributed by atoms with van der Waals surface area (Å²) in [6.07, 6.45) is 13.0. The van der Waals surface area contributed by atoms with Gasteiger partial charge in [0.25, 0.3) is 0 Å². The van der Waals surface area contributed by atoms with Gasteiger partial charge in [0.15, 0.2) is 0 Å². The van der Waals surface area contributed by atoms with Crippen molar-refractivity contribution in [2.45, 2.75) is 6.92 Å². The van der Waals surface area contributed by atoms with Gasteiger partial charge in [-0.2, -0.15) is 0 Å². The van der Waals surface area contributed by atoms with Crippen LogP contribution in [0.25, 0.3) is 0 Å². The second kappa shape index (κ2) is 7.57. The Kier molecular flexibility index (Phi) is 6.65. The van der Waals surface area contributed by atoms with Crippen LogP contribution in [-0.4, -0.2) is 0 Å². The van der Waals surface area contributed by atoms with Crippen molar-refractivity contribution in [3.05, 3.63) is 85.6 Å². The maximum atomic E-state index is 3.93. The van der Waals surface area contributed by atoms with Gasteiger partial charge < -0.3 is 0 Å². The van der Waals surface area contributed by atoms with Crippen molar-refractivity contribution >= 4 is 0 Å². The molecule has 0 radical (unpaired) electrons. The number of hydrogen-bond donors (Lipinski definition) is 0. The third-order valence-corrected chi connectivity index (χ3v) is 1.90. The molecule has 0 heterocycles. The summed E-state index contributed by atoms with van der Waals surface area (Å²) < 4.78 is 0. The van der Waals surface area contributed by atoms with Gasteiger partial charge >= 0.3 is 0 Å². The van der Waals surface area contributed by atoms with Gasteiger partial charge in [0.05, 0.1) is 0 Å². The molecule has 0 aliphatic heterocycles. The molecule has 0 unspecified atom stereocenters. The van der Waals surface area contributed by atoms with Gasteiger partial charge in [0.1, 0.15) is 0 Å². The van der Waals surface area contributed by atoms with E-state index >= 15 is 0 Å². The highest BCUT2D eigenvalue weighted by Gasteiger charge is 1.97. The molecule has 0 aromatic heterocycles. The Labute approximate surface area is 93.0 Å². The smallest absolute Gasteiger partial charge is 0.0161 e. The fourth-order valence-electron chi connectivity index (χ4n) is 1.07. The van der Waals surface area contributed by atoms with Crippen LogP contribution in [-0.2, 0) is 0 Å². The SMILES string of the molecule is C=C\C=C/C(C)=C(/C=C\C=C)C(=C)C=C. The summed E-state index contributed by atoms with van der Waals surface area (Å²) in [6.45, 7) is 16.9. The highest BCUT2D eigenvalue weighted by molar-refractivity contribution is 5.50. The minimum Gasteiger partial charge on any atom is -0.0991 e. The molecule has 0 aromatic rings. The molecule has 78 valence electrons. The Morgan fingerprint density at radius 1 is 0.933 bits per heavy atom. The predicted molar refractivity (Wildman–Crippen MR) is 70.7 cm³/mol. The first-order valence-corrected chi connectivity index (χ1v) is 4.78. The van der Waals surface area contributed by atoms with Crippen LogP contribution in [0.15, 0.2) is 85.6 Å². The van der Waals surface area contributed by atoms with Crippen LogP contribution in [0, 0.1) is 0 Å². The van der Waals surface area contributed by atoms with Gasteiger partial charge in [-0.25, -0.2) is 0 Å². The predicted octanol–water partition coefficient (Wildman–Crippen LogP) is 4.53. The van der Waals surface area contributed by atoms with Crippen LogP contribution in [0.2, 0.25) is 0 Å². The monoisotopic (exact) mass is 198 g/mol. The Balaban J connectivity index is 5.22. The molecule has 0 atom stereocenters. The molecule has 0 aliphatic carbocycles. The molecule has 0 nitrogen and oxygen atoms in total. The van der Waals surface area contributed by atoms with Gasteiger partial charge in [-0.3, -0.25) is 0 Å². The van der Waals surface area contributed by atoms with Crippen LogP contribution in [0.1, 0.15) is 6.92 Å². The van der Waals surface area contributed by atoms with Gasteiger partial charge in [0, 0.05) is 0 Å². The maximum Gasteiger partial charge on any atom is -0.0161 e. The lowest BCUT2D eigenvalue weighted by atomic mass is 10.0. The first kappa shape index (κ1) is 13.2. The zero-order valence-electron chi connectivity index (χ0n) is 9.37. The fourth-order valence-corrected chi connectivity index (χ4v) is 1.07. The molecule has 0 bridgehead atoms. The van der Waals surface area contributed by atoms with E-state index in [0.717, 1.165) is 16.7 Å². The highest BCUT2D eigenvalue weighted by Crippen LogP contribution is 2.17. The summed E-state index contributed by atoms with van der Waals surface area (Å²) in [7, 11) is 0. The second-order valence-electron chi connectivity index (χ2n) is 3.02. The van der Waals surface area contributed by atoms with E-state index in [9.17, 15) is 0 Å². The molecule has 0 fully saturated rings. The van der Waals surface area contributed by atoms with Gasteiger partial charge in [-0.05, 0) is 23.6 Å². The van der Waals surface area contributed by atoms with Crippen LogP contribution in [0.4, 0.5) is 0 Å². The van der Waals surface area contributed by atoms with E-state index < -0.39 is 0 Å². The zero-order valence-corrected chi connectivity index (χ0v) is 9.37. The van der Waals surface area contributed by atoms with E-state index in [1.165, 1.54) is 0 Å². The highest BCUT2D eigenvalue weighted by atomic mass is 14.0. The summed E-state index contributed by atoms with van der Waals surface area (Å²) in [5.41, 5.74) is 3.08. The van der Waals surface area contributed by atoms with Gasteiger partial charge in [-0.15, -0.1) is 0 Å². The van der Waals surface area contributed by atoms with E-state index in [1.807, 2.05) is 31.2 Å². The third-order valence-electron chi connectivity index (χ3n) is 1.90. The maximum absolute atomic E-state index is 3.93. The Morgan fingerprint density at radius 2 is 1.47 bits per heavy atom. The lowest BCUT2D eigenvalue weighted by Crippen LogP contribution is -1.85. The van der Waals surface area contributed by atoms with Crippen molar-refractivity contribution < 1.29 is 0 Å². The summed E-state index contributed by atoms with van der Waals surface area (Å²) in [4.78, 5) is 0. The van der Waals surface area contributed by atoms with E-state index in [4.69, 9.17) is 0 Å². The standard InChI is InChI=1S/C15H18/c1-6-9-11-14(5)15(12-10-7-2)13(4)8-3/h6-12H,1-4H2,5H3/b11-9-,12-10-,15-14-. The first-order chi connectivity index (χ1) is 7.17. The minimum atomic E-state index is 0.902. The van der Waals surface area contributed by atoms with Crippen LogP contribution in [0.5, 0.6) is 0 Å². The summed E-state index contributed by atoms with van der Waals surface area (Å²) in [5, 5.41) is 0. The molecule has 0 amide bonds. The largest absolute Gasteiger partial charge is 0.0991 e. The van der Waals surface area contributed by atoms with Crippen LogP contribution >= 0.6 is 0 Å². The number of rotatable bonds is 6. The summed E-state index contributed by atoms with van der Waals surface area (Å²) in [6, 6.07) is 0. The quantitative estimate of drug-likeness (QED) is 0.550. The second-order valence-corrected chi connectivity index (χ2v) is 3.02. The molecule has 0 heteroatoms. The Hall–Kier alpha value is -1.82. The molecule has 0 saturated carbocycles. The molecule has 0 aromatic carbocycles. The van der Waals surface area contributed by atoms with Crippen molar-refractivity contribution in [1.82, 2.24) is 0 Å². The Bertz CT molecular complexity index is 346. The van der Waals surface area contributed by atoms with Crippen LogP contribution in [0.3, 0.4) is 0 Å². The molecule has 0 saturated heterocycles. The van der Waals surface area contributed by atoms with E-state index in [1.54, 1.807) is 18.2 Å². The molecule has 0 N–H and O–H groups in total. The van der Waals surface area contributed by atoms with E-state index in [-0.39, 0.29) is 0 Å². The van der Waals surface area contributed by atoms with Crippen LogP contribution < -0.4 is 0 Å². The molecule has 15 heavy (non-hydrogen) atoms. The lowest BCUT2D eigenvalue weighted by molar-refractivity contribution is 1.41. The molecule has 0 aliphatic rings. The van der Waals surface area contributed by atoms with Crippen molar-refractivity contribution in [3.8, 4) is 0 Å². The molecule has 0 rings (SSSR count). The average Bonchev–Trinajstić information content (AvgIpc) is 2.26. The van der Waals surface area contributed by atoms with Gasteiger partial charge in [-0.1, -0.05) is 68.8 Å². The number of allylic oxidation sites excluding steroid dienone is 10. The lowest BCUT2D eigenvalue weighted by Gasteiger charge is -2.04. The Morgan fingerprint density at radius 3 is 1.93 bits per heavy atom. The van der Waals surface area contributed by atoms with E-state index in [2.05, 4.69) is 26.3 Å². The summed E-state index contributed by atoms with van der Waals surface area (Å²) in [5.74, 6) is 0. The van der Waals surface area contributed by atoms with Crippen molar-refractivity contribution in [2.24, 2.45) is 0 Å².